The standard InChI is InChI=1S/C52H42N2O2/c1-50(2)43-22-14-33-9-5-6-10-37(33)46(43)40-21-17-35(30-45(40)50)52(34-15-18-36(19-16-34)54-25-27-55-28-26-54)24-23-42-48-47(38-11-7-8-12-39(38)49(42)56-52)41-20-13-32(31-53)29-44(41)51(48,3)4/h5-24,29-30H,25-28H2,1-4H3. The minimum Gasteiger partial charge on any atom is -0.472 e. The SMILES string of the molecule is CC1(C)c2cc(C3(c4ccc(N5CCOCC5)cc4)C=Cc4c5c(c6ccccc6c4O3)-c3ccc(C#N)cc3C5(C)C)ccc2-c2c1ccc1ccccc21. The first-order chi connectivity index (χ1) is 27.2. The molecule has 11 rings (SSSR count). The fourth-order valence-corrected chi connectivity index (χ4v) is 10.5. The highest BCUT2D eigenvalue weighted by atomic mass is 16.5. The van der Waals surface area contributed by atoms with Gasteiger partial charge in [-0.15, -0.1) is 0 Å². The summed E-state index contributed by atoms with van der Waals surface area (Å²) in [6.07, 6.45) is 4.64. The molecule has 7 aromatic rings. The molecule has 56 heavy (non-hydrogen) atoms. The Hall–Kier alpha value is -6.15. The Labute approximate surface area is 328 Å². The average Bonchev–Trinajstić information content (AvgIpc) is 3.63. The van der Waals surface area contributed by atoms with E-state index in [2.05, 4.69) is 166 Å². The largest absolute Gasteiger partial charge is 0.472 e. The predicted octanol–water partition coefficient (Wildman–Crippen LogP) is 11.7. The van der Waals surface area contributed by atoms with Crippen LogP contribution in [0.4, 0.5) is 5.69 Å². The van der Waals surface area contributed by atoms with Crippen molar-refractivity contribution in [3.8, 4) is 34.1 Å². The third-order valence-electron chi connectivity index (χ3n) is 13.3. The molecule has 1 atom stereocenters. The number of nitriles is 1. The van der Waals surface area contributed by atoms with Crippen LogP contribution >= 0.6 is 0 Å². The van der Waals surface area contributed by atoms with Crippen LogP contribution in [0.25, 0.3) is 49.9 Å². The fourth-order valence-electron chi connectivity index (χ4n) is 10.5. The van der Waals surface area contributed by atoms with Crippen LogP contribution in [-0.2, 0) is 21.2 Å². The number of ether oxygens (including phenoxy) is 2. The van der Waals surface area contributed by atoms with E-state index in [0.29, 0.717) is 5.56 Å². The lowest BCUT2D eigenvalue weighted by molar-refractivity contribution is 0.122. The molecule has 4 aliphatic rings. The predicted molar refractivity (Wildman–Crippen MR) is 228 cm³/mol. The first-order valence-corrected chi connectivity index (χ1v) is 19.8. The van der Waals surface area contributed by atoms with Crippen molar-refractivity contribution < 1.29 is 9.47 Å². The highest BCUT2D eigenvalue weighted by Gasteiger charge is 2.46. The number of nitrogens with zero attached hydrogens (tertiary/aromatic N) is 2. The molecule has 2 heterocycles. The lowest BCUT2D eigenvalue weighted by atomic mass is 9.75. The molecule has 1 fully saturated rings. The number of morpholine rings is 1. The molecular weight excluding hydrogens is 685 g/mol. The van der Waals surface area contributed by atoms with Gasteiger partial charge >= 0.3 is 0 Å². The molecule has 272 valence electrons. The maximum Gasteiger partial charge on any atom is 0.178 e. The average molecular weight is 727 g/mol. The molecule has 2 aliphatic carbocycles. The smallest absolute Gasteiger partial charge is 0.178 e. The van der Waals surface area contributed by atoms with E-state index < -0.39 is 5.60 Å². The first-order valence-electron chi connectivity index (χ1n) is 19.8. The van der Waals surface area contributed by atoms with Crippen LogP contribution in [0.2, 0.25) is 0 Å². The summed E-state index contributed by atoms with van der Waals surface area (Å²) < 4.78 is 13.4. The quantitative estimate of drug-likeness (QED) is 0.182. The van der Waals surface area contributed by atoms with Gasteiger partial charge in [0.05, 0.1) is 24.8 Å². The zero-order valence-electron chi connectivity index (χ0n) is 32.2. The van der Waals surface area contributed by atoms with E-state index in [1.165, 1.54) is 66.4 Å². The minimum absolute atomic E-state index is 0.200. The number of rotatable bonds is 3. The van der Waals surface area contributed by atoms with Crippen LogP contribution in [0.3, 0.4) is 0 Å². The van der Waals surface area contributed by atoms with Crippen LogP contribution in [0.1, 0.15) is 72.2 Å². The molecule has 0 amide bonds. The van der Waals surface area contributed by atoms with Gasteiger partial charge in [-0.25, -0.2) is 0 Å². The van der Waals surface area contributed by atoms with Crippen LogP contribution in [-0.4, -0.2) is 26.3 Å². The van der Waals surface area contributed by atoms with Crippen molar-refractivity contribution in [2.75, 3.05) is 31.2 Å². The van der Waals surface area contributed by atoms with Gasteiger partial charge in [-0.05, 0) is 97.1 Å². The van der Waals surface area contributed by atoms with E-state index >= 15 is 0 Å². The molecule has 0 saturated carbocycles. The first kappa shape index (κ1) is 33.2. The highest BCUT2D eigenvalue weighted by molar-refractivity contribution is 6.09. The van der Waals surface area contributed by atoms with Crippen molar-refractivity contribution in [3.05, 3.63) is 172 Å². The molecule has 2 aliphatic heterocycles. The molecule has 4 nitrogen and oxygen atoms in total. The Morgan fingerprint density at radius 1 is 0.625 bits per heavy atom. The van der Waals surface area contributed by atoms with Gasteiger partial charge in [-0.3, -0.25) is 0 Å². The number of hydrogen-bond acceptors (Lipinski definition) is 4. The van der Waals surface area contributed by atoms with Gasteiger partial charge in [0.2, 0.25) is 0 Å². The zero-order chi connectivity index (χ0) is 38.0. The molecule has 4 heteroatoms. The molecule has 1 unspecified atom stereocenters. The van der Waals surface area contributed by atoms with Crippen LogP contribution in [0.5, 0.6) is 5.75 Å². The third-order valence-corrected chi connectivity index (χ3v) is 13.3. The van der Waals surface area contributed by atoms with Crippen LogP contribution in [0.15, 0.2) is 127 Å². The van der Waals surface area contributed by atoms with Gasteiger partial charge in [0.15, 0.2) is 5.60 Å². The summed E-state index contributed by atoms with van der Waals surface area (Å²) in [5.74, 6) is 0.898. The Morgan fingerprint density at radius 2 is 1.30 bits per heavy atom. The van der Waals surface area contributed by atoms with Crippen molar-refractivity contribution in [2.24, 2.45) is 0 Å². The van der Waals surface area contributed by atoms with E-state index in [-0.39, 0.29) is 10.8 Å². The summed E-state index contributed by atoms with van der Waals surface area (Å²) in [6.45, 7) is 12.6. The normalized spacial score (nSPS) is 19.4. The Morgan fingerprint density at radius 3 is 2.09 bits per heavy atom. The van der Waals surface area contributed by atoms with Crippen molar-refractivity contribution >= 4 is 33.3 Å². The molecule has 0 spiro atoms. The number of hydrogen-bond donors (Lipinski definition) is 0. The molecule has 0 N–H and O–H groups in total. The number of anilines is 1. The van der Waals surface area contributed by atoms with Crippen LogP contribution in [0, 0.1) is 11.3 Å². The second-order valence-electron chi connectivity index (χ2n) is 16.9. The highest BCUT2D eigenvalue weighted by Crippen LogP contribution is 2.59. The second-order valence-corrected chi connectivity index (χ2v) is 16.9. The number of benzene rings is 7. The Kier molecular flexibility index (Phi) is 6.93. The van der Waals surface area contributed by atoms with Gasteiger partial charge < -0.3 is 14.4 Å². The monoisotopic (exact) mass is 726 g/mol. The van der Waals surface area contributed by atoms with Gasteiger partial charge in [0, 0.05) is 51.7 Å². The van der Waals surface area contributed by atoms with Crippen molar-refractivity contribution in [1.82, 2.24) is 0 Å². The Bertz CT molecular complexity index is 2890. The maximum absolute atomic E-state index is 9.88. The molecule has 7 aromatic carbocycles. The summed E-state index contributed by atoms with van der Waals surface area (Å²) >= 11 is 0. The van der Waals surface area contributed by atoms with E-state index in [4.69, 9.17) is 9.47 Å². The molecule has 0 bridgehead atoms. The number of fused-ring (bicyclic) bond motifs is 13. The summed E-state index contributed by atoms with van der Waals surface area (Å²) in [4.78, 5) is 2.40. The van der Waals surface area contributed by atoms with Gasteiger partial charge in [0.25, 0.3) is 0 Å². The molecular formula is C52H42N2O2. The zero-order valence-corrected chi connectivity index (χ0v) is 32.2. The van der Waals surface area contributed by atoms with Crippen molar-refractivity contribution in [2.45, 2.75) is 44.1 Å². The van der Waals surface area contributed by atoms with E-state index in [1.54, 1.807) is 0 Å². The summed E-state index contributed by atoms with van der Waals surface area (Å²) in [7, 11) is 0. The van der Waals surface area contributed by atoms with E-state index in [9.17, 15) is 5.26 Å². The lowest BCUT2D eigenvalue weighted by Gasteiger charge is -2.39. The van der Waals surface area contributed by atoms with Gasteiger partial charge in [-0.1, -0.05) is 125 Å². The van der Waals surface area contributed by atoms with Crippen LogP contribution < -0.4 is 9.64 Å². The van der Waals surface area contributed by atoms with E-state index in [1.807, 2.05) is 6.07 Å². The molecule has 0 radical (unpaired) electrons. The van der Waals surface area contributed by atoms with E-state index in [0.717, 1.165) is 54.1 Å². The van der Waals surface area contributed by atoms with Gasteiger partial charge in [0.1, 0.15) is 5.75 Å². The second kappa shape index (κ2) is 11.7. The maximum atomic E-state index is 9.88. The molecule has 1 saturated heterocycles. The Balaban J connectivity index is 1.14. The lowest BCUT2D eigenvalue weighted by Crippen LogP contribution is -2.37. The topological polar surface area (TPSA) is 45.5 Å². The van der Waals surface area contributed by atoms with Crippen molar-refractivity contribution in [3.63, 3.8) is 0 Å². The minimum atomic E-state index is -0.904. The summed E-state index contributed by atoms with van der Waals surface area (Å²) in [5, 5.41) is 14.7. The third kappa shape index (κ3) is 4.44. The van der Waals surface area contributed by atoms with Gasteiger partial charge in [-0.2, -0.15) is 5.26 Å². The fraction of sp³-hybridized carbons (Fsp3) is 0.212. The molecule has 0 aromatic heterocycles. The summed E-state index contributed by atoms with van der Waals surface area (Å²) in [6, 6.07) is 46.7. The van der Waals surface area contributed by atoms with Crippen molar-refractivity contribution in [1.29, 1.82) is 5.26 Å². The summed E-state index contributed by atoms with van der Waals surface area (Å²) in [5.41, 5.74) is 13.9.